The summed E-state index contributed by atoms with van der Waals surface area (Å²) in [6.45, 7) is 3.33. The van der Waals surface area contributed by atoms with Gasteiger partial charge >= 0.3 is 0 Å². The number of carbonyl (C=O) groups is 1. The summed E-state index contributed by atoms with van der Waals surface area (Å²) < 4.78 is 5.95. The Morgan fingerprint density at radius 2 is 2.20 bits per heavy atom. The third-order valence-electron chi connectivity index (χ3n) is 4.07. The molecule has 0 atom stereocenters. The molecule has 4 nitrogen and oxygen atoms in total. The Balaban J connectivity index is 1.99. The lowest BCUT2D eigenvalue weighted by molar-refractivity contribution is 0.0937. The number of amides is 1. The number of nitrogen functional groups attached to an aromatic ring is 1. The van der Waals surface area contributed by atoms with Crippen LogP contribution in [0.1, 0.15) is 35.2 Å². The first-order chi connectivity index (χ1) is 9.47. The number of benzene rings is 1. The molecule has 20 heavy (non-hydrogen) atoms. The van der Waals surface area contributed by atoms with E-state index in [0.717, 1.165) is 35.9 Å². The second-order valence-corrected chi connectivity index (χ2v) is 6.51. The molecular formula is C15H21BrN2O2. The van der Waals surface area contributed by atoms with Crippen molar-refractivity contribution in [3.05, 3.63) is 27.7 Å². The van der Waals surface area contributed by atoms with Crippen molar-refractivity contribution >= 4 is 27.5 Å². The van der Waals surface area contributed by atoms with E-state index in [0.29, 0.717) is 17.8 Å². The van der Waals surface area contributed by atoms with Crippen LogP contribution in [0, 0.1) is 12.3 Å². The van der Waals surface area contributed by atoms with E-state index in [1.165, 1.54) is 0 Å². The van der Waals surface area contributed by atoms with E-state index in [2.05, 4.69) is 21.2 Å². The minimum absolute atomic E-state index is 0.0563. The van der Waals surface area contributed by atoms with Gasteiger partial charge in [-0.25, -0.2) is 0 Å². The van der Waals surface area contributed by atoms with Crippen LogP contribution in [0.2, 0.25) is 0 Å². The van der Waals surface area contributed by atoms with Crippen LogP contribution in [0.5, 0.6) is 0 Å². The molecule has 1 aromatic carbocycles. The van der Waals surface area contributed by atoms with Crippen LogP contribution >= 0.6 is 15.9 Å². The predicted molar refractivity (Wildman–Crippen MR) is 83.8 cm³/mol. The van der Waals surface area contributed by atoms with Crippen LogP contribution < -0.4 is 11.1 Å². The lowest BCUT2D eigenvalue weighted by atomic mass is 10.0. The first-order valence-electron chi connectivity index (χ1n) is 6.80. The molecule has 1 saturated carbocycles. The fraction of sp³-hybridized carbons (Fsp3) is 0.533. The maximum absolute atomic E-state index is 12.3. The molecule has 1 amide bonds. The molecule has 0 unspecified atom stereocenters. The van der Waals surface area contributed by atoms with Gasteiger partial charge in [0.1, 0.15) is 0 Å². The summed E-state index contributed by atoms with van der Waals surface area (Å²) in [5.74, 6) is -0.0563. The van der Waals surface area contributed by atoms with Crippen molar-refractivity contribution in [3.8, 4) is 0 Å². The monoisotopic (exact) mass is 340 g/mol. The number of hydrogen-bond donors (Lipinski definition) is 2. The number of nitrogens with two attached hydrogens (primary N) is 1. The Kier molecular flexibility index (Phi) is 4.70. The topological polar surface area (TPSA) is 64.3 Å². The van der Waals surface area contributed by atoms with Crippen LogP contribution in [-0.2, 0) is 4.74 Å². The third kappa shape index (κ3) is 3.52. The Morgan fingerprint density at radius 3 is 2.80 bits per heavy atom. The van der Waals surface area contributed by atoms with Gasteiger partial charge in [0.05, 0.1) is 0 Å². The summed E-state index contributed by atoms with van der Waals surface area (Å²) in [7, 11) is 1.71. The maximum Gasteiger partial charge on any atom is 0.251 e. The smallest absolute Gasteiger partial charge is 0.251 e. The second-order valence-electron chi connectivity index (χ2n) is 5.59. The number of ether oxygens (including phenoxy) is 1. The standard InChI is InChI=1S/C15H21BrN2O2/c1-10-12(7-11(16)8-13(10)17)14(19)18-9-15(3-4-15)5-6-20-2/h7-8H,3-6,9,17H2,1-2H3,(H,18,19). The lowest BCUT2D eigenvalue weighted by Gasteiger charge is -2.16. The summed E-state index contributed by atoms with van der Waals surface area (Å²) in [4.78, 5) is 12.3. The van der Waals surface area contributed by atoms with Crippen molar-refractivity contribution < 1.29 is 9.53 Å². The number of carbonyl (C=O) groups excluding carboxylic acids is 1. The van der Waals surface area contributed by atoms with E-state index < -0.39 is 0 Å². The maximum atomic E-state index is 12.3. The SMILES string of the molecule is COCCC1(CNC(=O)c2cc(Br)cc(N)c2C)CC1. The first-order valence-corrected chi connectivity index (χ1v) is 7.59. The second kappa shape index (κ2) is 6.14. The number of hydrogen-bond acceptors (Lipinski definition) is 3. The van der Waals surface area contributed by atoms with Crippen molar-refractivity contribution in [2.45, 2.75) is 26.2 Å². The fourth-order valence-corrected chi connectivity index (χ4v) is 2.79. The summed E-state index contributed by atoms with van der Waals surface area (Å²) in [6, 6.07) is 3.63. The van der Waals surface area contributed by atoms with Crippen molar-refractivity contribution in [1.29, 1.82) is 0 Å². The van der Waals surface area contributed by atoms with Crippen LogP contribution in [-0.4, -0.2) is 26.2 Å². The van der Waals surface area contributed by atoms with E-state index in [9.17, 15) is 4.79 Å². The Labute approximate surface area is 128 Å². The van der Waals surface area contributed by atoms with Crippen LogP contribution in [0.25, 0.3) is 0 Å². The average Bonchev–Trinajstić information content (AvgIpc) is 3.18. The van der Waals surface area contributed by atoms with Gasteiger partial charge in [0.15, 0.2) is 0 Å². The molecule has 0 aromatic heterocycles. The molecule has 0 heterocycles. The van der Waals surface area contributed by atoms with Gasteiger partial charge < -0.3 is 15.8 Å². The van der Waals surface area contributed by atoms with E-state index >= 15 is 0 Å². The lowest BCUT2D eigenvalue weighted by Crippen LogP contribution is -2.31. The molecule has 1 aromatic rings. The summed E-state index contributed by atoms with van der Waals surface area (Å²) >= 11 is 3.38. The van der Waals surface area contributed by atoms with Gasteiger partial charge in [-0.05, 0) is 49.3 Å². The van der Waals surface area contributed by atoms with Crippen LogP contribution in [0.3, 0.4) is 0 Å². The van der Waals surface area contributed by atoms with E-state index in [-0.39, 0.29) is 11.3 Å². The molecule has 2 rings (SSSR count). The van der Waals surface area contributed by atoms with Crippen molar-refractivity contribution in [2.24, 2.45) is 5.41 Å². The molecule has 3 N–H and O–H groups in total. The van der Waals surface area contributed by atoms with Crippen molar-refractivity contribution in [2.75, 3.05) is 26.0 Å². The molecule has 1 aliphatic rings. The molecule has 110 valence electrons. The Bertz CT molecular complexity index is 513. The summed E-state index contributed by atoms with van der Waals surface area (Å²) in [5, 5.41) is 3.04. The molecule has 0 bridgehead atoms. The van der Waals surface area contributed by atoms with Gasteiger partial charge in [0, 0.05) is 36.0 Å². The van der Waals surface area contributed by atoms with Crippen LogP contribution in [0.4, 0.5) is 5.69 Å². The van der Waals surface area contributed by atoms with Gasteiger partial charge in [0.25, 0.3) is 5.91 Å². The zero-order chi connectivity index (χ0) is 14.8. The number of methoxy groups -OCH3 is 1. The first kappa shape index (κ1) is 15.3. The molecule has 0 spiro atoms. The predicted octanol–water partition coefficient (Wildman–Crippen LogP) is 2.89. The highest BCUT2D eigenvalue weighted by molar-refractivity contribution is 9.10. The largest absolute Gasteiger partial charge is 0.398 e. The summed E-state index contributed by atoms with van der Waals surface area (Å²) in [5.41, 5.74) is 8.23. The summed E-state index contributed by atoms with van der Waals surface area (Å²) in [6.07, 6.45) is 3.33. The van der Waals surface area contributed by atoms with Gasteiger partial charge in [0.2, 0.25) is 0 Å². The highest BCUT2D eigenvalue weighted by Gasteiger charge is 2.42. The van der Waals surface area contributed by atoms with E-state index in [4.69, 9.17) is 10.5 Å². The number of halogens is 1. The van der Waals surface area contributed by atoms with Gasteiger partial charge in [-0.1, -0.05) is 15.9 Å². The van der Waals surface area contributed by atoms with Gasteiger partial charge in [-0.3, -0.25) is 4.79 Å². The number of nitrogens with one attached hydrogen (secondary N) is 1. The van der Waals surface area contributed by atoms with Crippen LogP contribution in [0.15, 0.2) is 16.6 Å². The van der Waals surface area contributed by atoms with Gasteiger partial charge in [-0.2, -0.15) is 0 Å². The molecule has 0 radical (unpaired) electrons. The van der Waals surface area contributed by atoms with Gasteiger partial charge in [-0.15, -0.1) is 0 Å². The molecular weight excluding hydrogens is 320 g/mol. The minimum atomic E-state index is -0.0563. The molecule has 0 aliphatic heterocycles. The highest BCUT2D eigenvalue weighted by Crippen LogP contribution is 2.48. The molecule has 1 aliphatic carbocycles. The Morgan fingerprint density at radius 1 is 1.50 bits per heavy atom. The van der Waals surface area contributed by atoms with Crippen molar-refractivity contribution in [1.82, 2.24) is 5.32 Å². The van der Waals surface area contributed by atoms with Crippen molar-refractivity contribution in [3.63, 3.8) is 0 Å². The van der Waals surface area contributed by atoms with E-state index in [1.807, 2.05) is 19.1 Å². The highest BCUT2D eigenvalue weighted by atomic mass is 79.9. The number of anilines is 1. The quantitative estimate of drug-likeness (QED) is 0.782. The third-order valence-corrected chi connectivity index (χ3v) is 4.53. The zero-order valence-electron chi connectivity index (χ0n) is 12.0. The normalized spacial score (nSPS) is 15.9. The number of rotatable bonds is 6. The fourth-order valence-electron chi connectivity index (χ4n) is 2.31. The zero-order valence-corrected chi connectivity index (χ0v) is 13.5. The molecule has 5 heteroatoms. The van der Waals surface area contributed by atoms with E-state index in [1.54, 1.807) is 7.11 Å². The minimum Gasteiger partial charge on any atom is -0.398 e. The molecule has 1 fully saturated rings. The average molecular weight is 341 g/mol. The molecule has 0 saturated heterocycles. The Hall–Kier alpha value is -1.07.